The average molecular weight is 349 g/mol. The highest BCUT2D eigenvalue weighted by Gasteiger charge is 2.29. The summed E-state index contributed by atoms with van der Waals surface area (Å²) in [5.41, 5.74) is 2.26. The van der Waals surface area contributed by atoms with E-state index in [1.54, 1.807) is 6.20 Å². The van der Waals surface area contributed by atoms with E-state index < -0.39 is 5.60 Å². The molecule has 0 aromatic carbocycles. The quantitative estimate of drug-likeness (QED) is 0.809. The Labute approximate surface area is 148 Å². The molecule has 6 heteroatoms. The Morgan fingerprint density at radius 3 is 2.71 bits per heavy atom. The molecule has 1 saturated carbocycles. The molecule has 0 atom stereocenters. The first kappa shape index (κ1) is 17.2. The van der Waals surface area contributed by atoms with Crippen LogP contribution in [0.3, 0.4) is 0 Å². The molecule has 3 rings (SSSR count). The van der Waals surface area contributed by atoms with E-state index in [9.17, 15) is 5.11 Å². The fraction of sp³-hybridized carbons (Fsp3) is 0.556. The molecule has 0 amide bonds. The van der Waals surface area contributed by atoms with Gasteiger partial charge in [0.15, 0.2) is 0 Å². The smallest absolute Gasteiger partial charge is 0.131 e. The van der Waals surface area contributed by atoms with Crippen LogP contribution in [0.5, 0.6) is 0 Å². The van der Waals surface area contributed by atoms with Crippen LogP contribution in [0, 0.1) is 0 Å². The zero-order chi connectivity index (χ0) is 17.3. The largest absolute Gasteiger partial charge is 0.390 e. The van der Waals surface area contributed by atoms with Gasteiger partial charge >= 0.3 is 0 Å². The highest BCUT2D eigenvalue weighted by molar-refractivity contribution is 6.29. The zero-order valence-electron chi connectivity index (χ0n) is 14.5. The highest BCUT2D eigenvalue weighted by Crippen LogP contribution is 2.33. The van der Waals surface area contributed by atoms with Crippen molar-refractivity contribution < 1.29 is 5.11 Å². The highest BCUT2D eigenvalue weighted by atomic mass is 35.5. The third kappa shape index (κ3) is 3.90. The number of aromatic nitrogens is 3. The number of hydrogen-bond acceptors (Lipinski definition) is 4. The maximum atomic E-state index is 10.1. The molecule has 0 unspecified atom stereocenters. The van der Waals surface area contributed by atoms with Gasteiger partial charge in [-0.15, -0.1) is 0 Å². The summed E-state index contributed by atoms with van der Waals surface area (Å²) in [5.74, 6) is 0. The van der Waals surface area contributed by atoms with E-state index in [0.29, 0.717) is 17.2 Å². The maximum absolute atomic E-state index is 10.1. The van der Waals surface area contributed by atoms with Crippen LogP contribution < -0.4 is 5.32 Å². The lowest BCUT2D eigenvalue weighted by atomic mass is 9.83. The fourth-order valence-electron chi connectivity index (χ4n) is 3.13. The number of aliphatic hydroxyl groups is 1. The van der Waals surface area contributed by atoms with Crippen molar-refractivity contribution in [2.45, 2.75) is 64.1 Å². The summed E-state index contributed by atoms with van der Waals surface area (Å²) in [6, 6.07) is 4.50. The predicted octanol–water partition coefficient (Wildman–Crippen LogP) is 4.28. The molecular weight excluding hydrogens is 324 g/mol. The maximum Gasteiger partial charge on any atom is 0.131 e. The SMILES string of the molecule is CC(C)n1ccc(-c2cnc(Cl)cc2NC2CCC(C)(O)CC2)n1. The Bertz CT molecular complexity index is 701. The van der Waals surface area contributed by atoms with Gasteiger partial charge < -0.3 is 10.4 Å². The summed E-state index contributed by atoms with van der Waals surface area (Å²) >= 11 is 6.11. The Kier molecular flexibility index (Phi) is 4.83. The second kappa shape index (κ2) is 6.73. The standard InChI is InChI=1S/C18H25ClN4O/c1-12(2)23-9-6-15(22-23)14-11-20-17(19)10-16(14)21-13-4-7-18(3,24)8-5-13/h6,9-13,24H,4-5,7-8H2,1-3H3,(H,20,21). The lowest BCUT2D eigenvalue weighted by Gasteiger charge is -2.34. The molecule has 0 bridgehead atoms. The van der Waals surface area contributed by atoms with Gasteiger partial charge in [-0.05, 0) is 58.6 Å². The monoisotopic (exact) mass is 348 g/mol. The molecule has 2 aromatic heterocycles. The van der Waals surface area contributed by atoms with E-state index in [-0.39, 0.29) is 0 Å². The minimum Gasteiger partial charge on any atom is -0.390 e. The van der Waals surface area contributed by atoms with Crippen LogP contribution in [0.15, 0.2) is 24.5 Å². The van der Waals surface area contributed by atoms with Crippen molar-refractivity contribution in [2.24, 2.45) is 0 Å². The molecule has 0 spiro atoms. The normalized spacial score (nSPS) is 24.3. The van der Waals surface area contributed by atoms with Crippen molar-refractivity contribution in [3.05, 3.63) is 29.7 Å². The van der Waals surface area contributed by atoms with Crippen LogP contribution in [0.4, 0.5) is 5.69 Å². The van der Waals surface area contributed by atoms with Crippen LogP contribution >= 0.6 is 11.6 Å². The summed E-state index contributed by atoms with van der Waals surface area (Å²) in [6.07, 6.45) is 7.24. The molecule has 1 aliphatic carbocycles. The third-order valence-electron chi connectivity index (χ3n) is 4.71. The van der Waals surface area contributed by atoms with Crippen molar-refractivity contribution in [1.29, 1.82) is 0 Å². The number of nitrogens with zero attached hydrogens (tertiary/aromatic N) is 3. The molecule has 1 aliphatic rings. The van der Waals surface area contributed by atoms with E-state index in [0.717, 1.165) is 42.6 Å². The minimum absolute atomic E-state index is 0.316. The van der Waals surface area contributed by atoms with E-state index in [4.69, 9.17) is 11.6 Å². The lowest BCUT2D eigenvalue weighted by Crippen LogP contribution is -2.35. The van der Waals surface area contributed by atoms with Crippen molar-refractivity contribution >= 4 is 17.3 Å². The summed E-state index contributed by atoms with van der Waals surface area (Å²) in [7, 11) is 0. The molecule has 130 valence electrons. The van der Waals surface area contributed by atoms with Gasteiger partial charge in [0.05, 0.1) is 11.3 Å². The van der Waals surface area contributed by atoms with Gasteiger partial charge in [0, 0.05) is 35.7 Å². The zero-order valence-corrected chi connectivity index (χ0v) is 15.2. The van der Waals surface area contributed by atoms with E-state index in [2.05, 4.69) is 29.2 Å². The van der Waals surface area contributed by atoms with Crippen LogP contribution in [0.25, 0.3) is 11.3 Å². The van der Waals surface area contributed by atoms with E-state index in [1.165, 1.54) is 0 Å². The molecule has 5 nitrogen and oxygen atoms in total. The first-order chi connectivity index (χ1) is 11.3. The van der Waals surface area contributed by atoms with Gasteiger partial charge in [0.2, 0.25) is 0 Å². The Morgan fingerprint density at radius 2 is 2.08 bits per heavy atom. The lowest BCUT2D eigenvalue weighted by molar-refractivity contribution is 0.0196. The molecule has 1 fully saturated rings. The summed E-state index contributed by atoms with van der Waals surface area (Å²) in [4.78, 5) is 4.22. The summed E-state index contributed by atoms with van der Waals surface area (Å²) in [6.45, 7) is 6.12. The predicted molar refractivity (Wildman–Crippen MR) is 97.4 cm³/mol. The number of nitrogens with one attached hydrogen (secondary N) is 1. The van der Waals surface area contributed by atoms with Gasteiger partial charge in [-0.3, -0.25) is 4.68 Å². The van der Waals surface area contributed by atoms with Gasteiger partial charge in [-0.25, -0.2) is 4.98 Å². The van der Waals surface area contributed by atoms with Crippen LogP contribution in [-0.4, -0.2) is 31.5 Å². The van der Waals surface area contributed by atoms with Crippen molar-refractivity contribution in [3.63, 3.8) is 0 Å². The van der Waals surface area contributed by atoms with Crippen LogP contribution in [-0.2, 0) is 0 Å². The van der Waals surface area contributed by atoms with E-state index in [1.807, 2.05) is 29.9 Å². The second-order valence-corrected chi connectivity index (χ2v) is 7.63. The molecule has 0 aliphatic heterocycles. The number of anilines is 1. The molecule has 0 radical (unpaired) electrons. The van der Waals surface area contributed by atoms with E-state index >= 15 is 0 Å². The topological polar surface area (TPSA) is 63.0 Å². The number of pyridine rings is 1. The van der Waals surface area contributed by atoms with Crippen LogP contribution in [0.1, 0.15) is 52.5 Å². The van der Waals surface area contributed by atoms with Crippen molar-refractivity contribution in [3.8, 4) is 11.3 Å². The third-order valence-corrected chi connectivity index (χ3v) is 4.91. The molecule has 2 N–H and O–H groups in total. The van der Waals surface area contributed by atoms with Crippen molar-refractivity contribution in [2.75, 3.05) is 5.32 Å². The number of rotatable bonds is 4. The van der Waals surface area contributed by atoms with Crippen molar-refractivity contribution in [1.82, 2.24) is 14.8 Å². The molecule has 2 heterocycles. The molecule has 2 aromatic rings. The van der Waals surface area contributed by atoms with Crippen LogP contribution in [0.2, 0.25) is 5.15 Å². The Balaban J connectivity index is 1.83. The average Bonchev–Trinajstić information content (AvgIpc) is 2.99. The number of hydrogen-bond donors (Lipinski definition) is 2. The summed E-state index contributed by atoms with van der Waals surface area (Å²) in [5, 5.41) is 18.8. The first-order valence-electron chi connectivity index (χ1n) is 8.54. The Morgan fingerprint density at radius 1 is 1.38 bits per heavy atom. The molecule has 24 heavy (non-hydrogen) atoms. The molecular formula is C18H25ClN4O. The van der Waals surface area contributed by atoms with Gasteiger partial charge in [0.1, 0.15) is 5.15 Å². The van der Waals surface area contributed by atoms with Gasteiger partial charge in [-0.2, -0.15) is 5.10 Å². The summed E-state index contributed by atoms with van der Waals surface area (Å²) < 4.78 is 1.94. The minimum atomic E-state index is -0.535. The first-order valence-corrected chi connectivity index (χ1v) is 8.92. The van der Waals surface area contributed by atoms with Gasteiger partial charge in [-0.1, -0.05) is 11.6 Å². The second-order valence-electron chi connectivity index (χ2n) is 7.24. The fourth-order valence-corrected chi connectivity index (χ4v) is 3.28. The molecule has 0 saturated heterocycles. The number of halogens is 1. The van der Waals surface area contributed by atoms with Gasteiger partial charge in [0.25, 0.3) is 0 Å². The Hall–Kier alpha value is -1.59.